The Morgan fingerprint density at radius 2 is 2.00 bits per heavy atom. The van der Waals surface area contributed by atoms with Crippen LogP contribution < -0.4 is 5.73 Å². The number of pyridine rings is 2. The number of hydrogen-bond donors (Lipinski definition) is 2. The molecule has 5 heteroatoms. The molecule has 0 spiro atoms. The number of nitrogens with zero attached hydrogens (tertiary/aromatic N) is 2. The zero-order chi connectivity index (χ0) is 12.1. The van der Waals surface area contributed by atoms with Crippen LogP contribution >= 0.6 is 11.8 Å². The van der Waals surface area contributed by atoms with Crippen molar-refractivity contribution < 1.29 is 0 Å². The van der Waals surface area contributed by atoms with Gasteiger partial charge in [-0.3, -0.25) is 15.4 Å². The van der Waals surface area contributed by atoms with E-state index in [-0.39, 0.29) is 5.84 Å². The molecular weight excluding hydrogens is 232 g/mol. The lowest BCUT2D eigenvalue weighted by Gasteiger charge is -2.03. The predicted molar refractivity (Wildman–Crippen MR) is 69.1 cm³/mol. The van der Waals surface area contributed by atoms with Crippen LogP contribution in [-0.4, -0.2) is 15.8 Å². The Hall–Kier alpha value is -1.88. The lowest BCUT2D eigenvalue weighted by atomic mass is 10.2. The van der Waals surface area contributed by atoms with Crippen LogP contribution in [0.4, 0.5) is 0 Å². The Balaban J connectivity index is 2.04. The number of nitrogen functional groups attached to an aromatic ring is 1. The van der Waals surface area contributed by atoms with Gasteiger partial charge in [-0.1, -0.05) is 0 Å². The van der Waals surface area contributed by atoms with Crippen molar-refractivity contribution in [2.45, 2.75) is 10.6 Å². The van der Waals surface area contributed by atoms with Gasteiger partial charge in [0, 0.05) is 29.2 Å². The highest BCUT2D eigenvalue weighted by Crippen LogP contribution is 2.21. The molecular formula is C12H12N4S. The van der Waals surface area contributed by atoms with E-state index in [2.05, 4.69) is 9.97 Å². The molecule has 2 heterocycles. The number of nitrogens with one attached hydrogen (secondary N) is 1. The summed E-state index contributed by atoms with van der Waals surface area (Å²) in [4.78, 5) is 9.16. The molecule has 0 radical (unpaired) electrons. The predicted octanol–water partition coefficient (Wildman–Crippen LogP) is 2.05. The summed E-state index contributed by atoms with van der Waals surface area (Å²) in [5.41, 5.74) is 7.03. The first kappa shape index (κ1) is 11.6. The van der Waals surface area contributed by atoms with Gasteiger partial charge in [0.1, 0.15) is 11.5 Å². The van der Waals surface area contributed by atoms with Crippen molar-refractivity contribution in [1.82, 2.24) is 9.97 Å². The highest BCUT2D eigenvalue weighted by molar-refractivity contribution is 7.98. The minimum absolute atomic E-state index is 0.000705. The molecule has 4 nitrogen and oxygen atoms in total. The van der Waals surface area contributed by atoms with E-state index in [0.717, 1.165) is 11.3 Å². The second kappa shape index (κ2) is 5.45. The number of hydrogen-bond acceptors (Lipinski definition) is 4. The van der Waals surface area contributed by atoms with E-state index >= 15 is 0 Å². The van der Waals surface area contributed by atoms with Gasteiger partial charge in [0.05, 0.1) is 0 Å². The third-order valence-corrected chi connectivity index (χ3v) is 3.24. The summed E-state index contributed by atoms with van der Waals surface area (Å²) in [5, 5.41) is 7.33. The van der Waals surface area contributed by atoms with Crippen molar-refractivity contribution in [1.29, 1.82) is 5.41 Å². The van der Waals surface area contributed by atoms with Crippen LogP contribution in [0, 0.1) is 5.41 Å². The fraction of sp³-hybridized carbons (Fsp3) is 0.0833. The fourth-order valence-corrected chi connectivity index (χ4v) is 2.14. The summed E-state index contributed by atoms with van der Waals surface area (Å²) in [5.74, 6) is 0.827. The molecule has 0 atom stereocenters. The number of rotatable bonds is 4. The van der Waals surface area contributed by atoms with Gasteiger partial charge >= 0.3 is 0 Å². The van der Waals surface area contributed by atoms with E-state index < -0.39 is 0 Å². The van der Waals surface area contributed by atoms with Crippen molar-refractivity contribution >= 4 is 17.6 Å². The molecule has 0 aliphatic carbocycles. The van der Waals surface area contributed by atoms with Crippen molar-refractivity contribution in [3.8, 4) is 0 Å². The summed E-state index contributed by atoms with van der Waals surface area (Å²) in [6.45, 7) is 0. The van der Waals surface area contributed by atoms with Crippen LogP contribution in [0.1, 0.15) is 11.3 Å². The van der Waals surface area contributed by atoms with Crippen molar-refractivity contribution in [3.63, 3.8) is 0 Å². The highest BCUT2D eigenvalue weighted by Gasteiger charge is 2.01. The van der Waals surface area contributed by atoms with Crippen LogP contribution in [0.15, 0.2) is 47.8 Å². The average Bonchev–Trinajstić information content (AvgIpc) is 2.38. The lowest BCUT2D eigenvalue weighted by Crippen LogP contribution is -2.13. The molecule has 17 heavy (non-hydrogen) atoms. The van der Waals surface area contributed by atoms with Gasteiger partial charge in [-0.2, -0.15) is 0 Å². The van der Waals surface area contributed by atoms with E-state index in [0.29, 0.717) is 5.69 Å². The number of amidine groups is 1. The van der Waals surface area contributed by atoms with Crippen LogP contribution in [0.3, 0.4) is 0 Å². The van der Waals surface area contributed by atoms with E-state index in [1.807, 2.05) is 24.3 Å². The SMILES string of the molecule is N=C(N)c1cc(CSc2ccncc2)ccn1. The van der Waals surface area contributed by atoms with E-state index in [1.54, 1.807) is 30.4 Å². The Labute approximate surface area is 104 Å². The summed E-state index contributed by atoms with van der Waals surface area (Å²) in [6, 6.07) is 7.71. The molecule has 0 unspecified atom stereocenters. The van der Waals surface area contributed by atoms with Crippen LogP contribution in [-0.2, 0) is 5.75 Å². The minimum Gasteiger partial charge on any atom is -0.382 e. The molecule has 0 saturated carbocycles. The normalized spacial score (nSPS) is 10.1. The second-order valence-electron chi connectivity index (χ2n) is 3.43. The fourth-order valence-electron chi connectivity index (χ4n) is 1.31. The lowest BCUT2D eigenvalue weighted by molar-refractivity contribution is 1.21. The van der Waals surface area contributed by atoms with E-state index in [9.17, 15) is 0 Å². The Morgan fingerprint density at radius 3 is 2.71 bits per heavy atom. The summed E-state index contributed by atoms with van der Waals surface area (Å²) in [6.07, 6.45) is 5.23. The molecule has 0 amide bonds. The highest BCUT2D eigenvalue weighted by atomic mass is 32.2. The largest absolute Gasteiger partial charge is 0.382 e. The van der Waals surface area contributed by atoms with Crippen molar-refractivity contribution in [2.75, 3.05) is 0 Å². The van der Waals surface area contributed by atoms with Crippen molar-refractivity contribution in [2.24, 2.45) is 5.73 Å². The molecule has 0 aromatic carbocycles. The third kappa shape index (κ3) is 3.29. The Morgan fingerprint density at radius 1 is 1.24 bits per heavy atom. The molecule has 2 aromatic heterocycles. The van der Waals surface area contributed by atoms with E-state index in [1.165, 1.54) is 4.90 Å². The maximum atomic E-state index is 7.33. The molecule has 86 valence electrons. The number of aromatic nitrogens is 2. The van der Waals surface area contributed by atoms with Gasteiger partial charge in [0.25, 0.3) is 0 Å². The third-order valence-electron chi connectivity index (χ3n) is 2.16. The molecule has 0 bridgehead atoms. The molecule has 0 aliphatic heterocycles. The van der Waals surface area contributed by atoms with E-state index in [4.69, 9.17) is 11.1 Å². The topological polar surface area (TPSA) is 75.7 Å². The molecule has 0 saturated heterocycles. The van der Waals surface area contributed by atoms with Gasteiger partial charge in [-0.25, -0.2) is 0 Å². The average molecular weight is 244 g/mol. The number of thioether (sulfide) groups is 1. The summed E-state index contributed by atoms with van der Waals surface area (Å²) >= 11 is 1.71. The standard InChI is InChI=1S/C12H12N4S/c13-12(14)11-7-9(1-6-16-11)8-17-10-2-4-15-5-3-10/h1-7H,8H2,(H3,13,14). The summed E-state index contributed by atoms with van der Waals surface area (Å²) in [7, 11) is 0. The van der Waals surface area contributed by atoms with Gasteiger partial charge < -0.3 is 5.73 Å². The molecule has 2 aromatic rings. The first-order valence-electron chi connectivity index (χ1n) is 5.08. The first-order chi connectivity index (χ1) is 8.25. The maximum Gasteiger partial charge on any atom is 0.141 e. The molecule has 3 N–H and O–H groups in total. The van der Waals surface area contributed by atoms with Gasteiger partial charge in [-0.15, -0.1) is 11.8 Å². The second-order valence-corrected chi connectivity index (χ2v) is 4.48. The van der Waals surface area contributed by atoms with Crippen LogP contribution in [0.2, 0.25) is 0 Å². The van der Waals surface area contributed by atoms with Crippen LogP contribution in [0.25, 0.3) is 0 Å². The smallest absolute Gasteiger partial charge is 0.141 e. The molecule has 2 rings (SSSR count). The van der Waals surface area contributed by atoms with Crippen molar-refractivity contribution in [3.05, 3.63) is 54.1 Å². The van der Waals surface area contributed by atoms with Gasteiger partial charge in [-0.05, 0) is 29.8 Å². The zero-order valence-corrected chi connectivity index (χ0v) is 9.95. The van der Waals surface area contributed by atoms with Gasteiger partial charge in [0.2, 0.25) is 0 Å². The molecule has 0 aliphatic rings. The summed E-state index contributed by atoms with van der Waals surface area (Å²) < 4.78 is 0. The maximum absolute atomic E-state index is 7.33. The minimum atomic E-state index is 0.000705. The number of nitrogens with two attached hydrogens (primary N) is 1. The monoisotopic (exact) mass is 244 g/mol. The van der Waals surface area contributed by atoms with Crippen LogP contribution in [0.5, 0.6) is 0 Å². The molecule has 0 fully saturated rings. The Bertz CT molecular complexity index is 513. The van der Waals surface area contributed by atoms with Gasteiger partial charge in [0.15, 0.2) is 0 Å². The quantitative estimate of drug-likeness (QED) is 0.490. The first-order valence-corrected chi connectivity index (χ1v) is 6.06. The Kier molecular flexibility index (Phi) is 3.72. The zero-order valence-electron chi connectivity index (χ0n) is 9.13.